The van der Waals surface area contributed by atoms with Crippen LogP contribution in [0.15, 0.2) is 65.3 Å². The van der Waals surface area contributed by atoms with E-state index in [1.54, 1.807) is 6.26 Å². The summed E-state index contributed by atoms with van der Waals surface area (Å²) < 4.78 is 10.9. The Balaban J connectivity index is 1.44. The van der Waals surface area contributed by atoms with Crippen LogP contribution in [0.4, 0.5) is 5.69 Å². The Hall–Kier alpha value is -3.60. The molecule has 0 atom stereocenters. The number of hydrogen-bond acceptors (Lipinski definition) is 4. The van der Waals surface area contributed by atoms with E-state index in [2.05, 4.69) is 5.32 Å². The molecule has 1 N–H and O–H groups in total. The fraction of sp³-hybridized carbons (Fsp3) is 0.231. The summed E-state index contributed by atoms with van der Waals surface area (Å²) in [6, 6.07) is 17.8. The van der Waals surface area contributed by atoms with Crippen molar-refractivity contribution in [3.8, 4) is 0 Å². The number of aryl methyl sites for hydroxylation is 2. The third-order valence-electron chi connectivity index (χ3n) is 5.50. The zero-order chi connectivity index (χ0) is 21.8. The summed E-state index contributed by atoms with van der Waals surface area (Å²) in [6.07, 6.45) is 3.25. The zero-order valence-corrected chi connectivity index (χ0v) is 17.7. The van der Waals surface area contributed by atoms with Gasteiger partial charge in [-0.15, -0.1) is 0 Å². The van der Waals surface area contributed by atoms with Crippen LogP contribution < -0.4 is 5.32 Å². The summed E-state index contributed by atoms with van der Waals surface area (Å²) in [7, 11) is 0. The quantitative estimate of drug-likeness (QED) is 0.408. The Bertz CT molecular complexity index is 1230. The third-order valence-corrected chi connectivity index (χ3v) is 5.50. The molecule has 0 bridgehead atoms. The number of para-hydroxylation sites is 1. The van der Waals surface area contributed by atoms with Crippen molar-refractivity contribution in [3.05, 3.63) is 77.6 Å². The third kappa shape index (κ3) is 4.31. The van der Waals surface area contributed by atoms with Gasteiger partial charge < -0.3 is 14.5 Å². The van der Waals surface area contributed by atoms with E-state index in [1.807, 2.05) is 68.4 Å². The smallest absolute Gasteiger partial charge is 0.310 e. The van der Waals surface area contributed by atoms with Crippen LogP contribution in [-0.4, -0.2) is 18.5 Å². The first-order chi connectivity index (χ1) is 15.1. The first-order valence-electron chi connectivity index (χ1n) is 10.5. The van der Waals surface area contributed by atoms with Gasteiger partial charge >= 0.3 is 5.97 Å². The lowest BCUT2D eigenvalue weighted by molar-refractivity contribution is -0.146. The van der Waals surface area contributed by atoms with Gasteiger partial charge in [-0.1, -0.05) is 62.4 Å². The summed E-state index contributed by atoms with van der Waals surface area (Å²) in [5.74, 6) is -0.809. The number of amides is 1. The van der Waals surface area contributed by atoms with Gasteiger partial charge in [0, 0.05) is 16.6 Å². The van der Waals surface area contributed by atoms with Gasteiger partial charge in [0.15, 0.2) is 6.61 Å². The van der Waals surface area contributed by atoms with Crippen molar-refractivity contribution in [2.75, 3.05) is 11.9 Å². The predicted octanol–water partition coefficient (Wildman–Crippen LogP) is 5.44. The van der Waals surface area contributed by atoms with E-state index < -0.39 is 5.97 Å². The SMILES string of the molecule is CCc1cccc(CC)c1NC(=O)COC(=O)Cc1coc2ccc3ccccc3c12. The second-order valence-electron chi connectivity index (χ2n) is 7.46. The van der Waals surface area contributed by atoms with Gasteiger partial charge in [-0.25, -0.2) is 0 Å². The molecule has 0 saturated carbocycles. The number of fused-ring (bicyclic) bond motifs is 3. The van der Waals surface area contributed by atoms with Gasteiger partial charge in [-0.2, -0.15) is 0 Å². The zero-order valence-electron chi connectivity index (χ0n) is 17.7. The highest BCUT2D eigenvalue weighted by molar-refractivity contribution is 6.08. The highest BCUT2D eigenvalue weighted by Crippen LogP contribution is 2.30. The molecule has 4 aromatic rings. The molecule has 1 amide bonds. The van der Waals surface area contributed by atoms with Crippen LogP contribution in [-0.2, 0) is 33.6 Å². The number of carbonyl (C=O) groups excluding carboxylic acids is 2. The van der Waals surface area contributed by atoms with E-state index in [9.17, 15) is 9.59 Å². The Morgan fingerprint density at radius 3 is 2.39 bits per heavy atom. The Morgan fingerprint density at radius 1 is 0.903 bits per heavy atom. The number of benzene rings is 3. The highest BCUT2D eigenvalue weighted by Gasteiger charge is 2.16. The van der Waals surface area contributed by atoms with Crippen LogP contribution in [0.5, 0.6) is 0 Å². The largest absolute Gasteiger partial charge is 0.464 e. The van der Waals surface area contributed by atoms with Crippen molar-refractivity contribution in [3.63, 3.8) is 0 Å². The number of ether oxygens (including phenoxy) is 1. The number of carbonyl (C=O) groups is 2. The molecular formula is C26H25NO4. The van der Waals surface area contributed by atoms with Gasteiger partial charge in [0.2, 0.25) is 0 Å². The summed E-state index contributed by atoms with van der Waals surface area (Å²) in [4.78, 5) is 24.9. The minimum absolute atomic E-state index is 0.0417. The van der Waals surface area contributed by atoms with E-state index in [-0.39, 0.29) is 18.9 Å². The predicted molar refractivity (Wildman–Crippen MR) is 122 cm³/mol. The van der Waals surface area contributed by atoms with E-state index >= 15 is 0 Å². The molecular weight excluding hydrogens is 390 g/mol. The van der Waals surface area contributed by atoms with Crippen LogP contribution in [0.2, 0.25) is 0 Å². The summed E-state index contributed by atoms with van der Waals surface area (Å²) in [5, 5.41) is 5.92. The molecule has 5 heteroatoms. The molecule has 1 aromatic heterocycles. The van der Waals surface area contributed by atoms with E-state index in [0.29, 0.717) is 0 Å². The Kier molecular flexibility index (Phi) is 6.03. The molecule has 158 valence electrons. The summed E-state index contributed by atoms with van der Waals surface area (Å²) in [5.41, 5.74) is 4.43. The van der Waals surface area contributed by atoms with Crippen molar-refractivity contribution in [2.24, 2.45) is 0 Å². The fourth-order valence-electron chi connectivity index (χ4n) is 3.94. The molecule has 0 radical (unpaired) electrons. The van der Waals surface area contributed by atoms with Crippen molar-refractivity contribution >= 4 is 39.3 Å². The monoisotopic (exact) mass is 415 g/mol. The van der Waals surface area contributed by atoms with Crippen LogP contribution in [0, 0.1) is 0 Å². The topological polar surface area (TPSA) is 68.5 Å². The summed E-state index contributed by atoms with van der Waals surface area (Å²) >= 11 is 0. The van der Waals surface area contributed by atoms with E-state index in [4.69, 9.17) is 9.15 Å². The van der Waals surface area contributed by atoms with Crippen molar-refractivity contribution in [1.29, 1.82) is 0 Å². The van der Waals surface area contributed by atoms with Gasteiger partial charge in [0.25, 0.3) is 5.91 Å². The number of nitrogens with one attached hydrogen (secondary N) is 1. The van der Waals surface area contributed by atoms with Gasteiger partial charge in [0.05, 0.1) is 12.7 Å². The van der Waals surface area contributed by atoms with Crippen LogP contribution in [0.1, 0.15) is 30.5 Å². The number of furan rings is 1. The molecule has 31 heavy (non-hydrogen) atoms. The normalized spacial score (nSPS) is 11.0. The summed E-state index contributed by atoms with van der Waals surface area (Å²) in [6.45, 7) is 3.77. The molecule has 0 saturated heterocycles. The van der Waals surface area contributed by atoms with E-state index in [0.717, 1.165) is 57.0 Å². The first-order valence-corrected chi connectivity index (χ1v) is 10.5. The van der Waals surface area contributed by atoms with Gasteiger partial charge in [-0.3, -0.25) is 9.59 Å². The van der Waals surface area contributed by atoms with Gasteiger partial charge in [0.1, 0.15) is 5.58 Å². The molecule has 3 aromatic carbocycles. The Morgan fingerprint density at radius 2 is 1.65 bits per heavy atom. The minimum atomic E-state index is -0.467. The van der Waals surface area contributed by atoms with Crippen LogP contribution in [0.3, 0.4) is 0 Å². The van der Waals surface area contributed by atoms with Crippen molar-refractivity contribution in [1.82, 2.24) is 0 Å². The van der Waals surface area contributed by atoms with E-state index in [1.165, 1.54) is 0 Å². The van der Waals surface area contributed by atoms with Crippen LogP contribution >= 0.6 is 0 Å². The lowest BCUT2D eigenvalue weighted by Crippen LogP contribution is -2.22. The molecule has 0 aliphatic heterocycles. The maximum atomic E-state index is 12.4. The number of hydrogen-bond donors (Lipinski definition) is 1. The highest BCUT2D eigenvalue weighted by atomic mass is 16.5. The Labute approximate surface area is 181 Å². The number of rotatable bonds is 7. The molecule has 1 heterocycles. The van der Waals surface area contributed by atoms with Crippen molar-refractivity contribution in [2.45, 2.75) is 33.1 Å². The molecule has 0 fully saturated rings. The lowest BCUT2D eigenvalue weighted by Gasteiger charge is -2.14. The molecule has 0 aliphatic rings. The first kappa shape index (κ1) is 20.7. The maximum absolute atomic E-state index is 12.4. The lowest BCUT2D eigenvalue weighted by atomic mass is 10.0. The molecule has 0 aliphatic carbocycles. The fourth-order valence-corrected chi connectivity index (χ4v) is 3.94. The van der Waals surface area contributed by atoms with Gasteiger partial charge in [-0.05, 0) is 40.8 Å². The average Bonchev–Trinajstić information content (AvgIpc) is 3.21. The molecule has 0 spiro atoms. The maximum Gasteiger partial charge on any atom is 0.310 e. The number of anilines is 1. The standard InChI is InChI=1S/C26H25NO4/c1-3-17-9-7-10-18(4-2)26(17)27-23(28)16-31-24(29)14-20-15-30-22-13-12-19-8-5-6-11-21(19)25(20)22/h5-13,15H,3-4,14,16H2,1-2H3,(H,27,28). The van der Waals surface area contributed by atoms with Crippen molar-refractivity contribution < 1.29 is 18.7 Å². The molecule has 0 unspecified atom stereocenters. The van der Waals surface area contributed by atoms with Crippen LogP contribution in [0.25, 0.3) is 21.7 Å². The minimum Gasteiger partial charge on any atom is -0.464 e. The second-order valence-corrected chi connectivity index (χ2v) is 7.46. The second kappa shape index (κ2) is 9.04. The average molecular weight is 415 g/mol. The molecule has 5 nitrogen and oxygen atoms in total. The number of esters is 1. The molecule has 4 rings (SSSR count).